The molecule has 0 aliphatic heterocycles. The number of aliphatic carboxylic acids is 1. The van der Waals surface area contributed by atoms with Gasteiger partial charge in [-0.2, -0.15) is 8.42 Å². The molecule has 0 spiro atoms. The maximum Gasteiger partial charge on any atom is 0.320 e. The summed E-state index contributed by atoms with van der Waals surface area (Å²) < 4.78 is 30.5. The zero-order valence-electron chi connectivity index (χ0n) is 8.57. The number of carboxylic acid groups (broad SMARTS) is 1. The summed E-state index contributed by atoms with van der Waals surface area (Å²) in [4.78, 5) is 9.84. The number of phenolic OH excluding ortho intramolecular Hbond substituents is 1. The van der Waals surface area contributed by atoms with Crippen LogP contribution < -0.4 is 5.73 Å². The molecule has 8 heteroatoms. The molecule has 7 nitrogen and oxygen atoms in total. The highest BCUT2D eigenvalue weighted by Crippen LogP contribution is 2.23. The minimum Gasteiger partial charge on any atom is -0.506 e. The Kier molecular flexibility index (Phi) is 3.71. The summed E-state index contributed by atoms with van der Waals surface area (Å²) in [5.41, 5.74) is 5.55. The molecule has 17 heavy (non-hydrogen) atoms. The molecule has 1 rings (SSSR count). The van der Waals surface area contributed by atoms with Crippen LogP contribution in [-0.4, -0.2) is 35.2 Å². The Morgan fingerprint density at radius 1 is 1.41 bits per heavy atom. The highest BCUT2D eigenvalue weighted by Gasteiger charge is 2.18. The van der Waals surface area contributed by atoms with Crippen LogP contribution in [0.15, 0.2) is 23.1 Å². The van der Waals surface area contributed by atoms with Crippen molar-refractivity contribution < 1.29 is 28.0 Å². The predicted octanol–water partition coefficient (Wildman–Crippen LogP) is -0.407. The second kappa shape index (κ2) is 4.70. The quantitative estimate of drug-likeness (QED) is 0.540. The molecule has 0 radical (unpaired) electrons. The Morgan fingerprint density at radius 3 is 2.47 bits per heavy atom. The smallest absolute Gasteiger partial charge is 0.320 e. The predicted molar refractivity (Wildman–Crippen MR) is 57.2 cm³/mol. The molecule has 94 valence electrons. The van der Waals surface area contributed by atoms with E-state index < -0.39 is 32.8 Å². The summed E-state index contributed by atoms with van der Waals surface area (Å²) in [5.74, 6) is -1.84. The molecule has 0 aliphatic rings. The maximum absolute atomic E-state index is 10.9. The number of aromatic hydroxyl groups is 1. The van der Waals surface area contributed by atoms with Gasteiger partial charge in [-0.15, -0.1) is 0 Å². The molecule has 1 aromatic carbocycles. The first kappa shape index (κ1) is 13.4. The second-order valence-corrected chi connectivity index (χ2v) is 4.82. The van der Waals surface area contributed by atoms with Crippen LogP contribution in [0, 0.1) is 0 Å². The largest absolute Gasteiger partial charge is 0.506 e. The molecular formula is C9H11NO6S. The Labute approximate surface area is 97.2 Å². The third-order valence-electron chi connectivity index (χ3n) is 2.07. The highest BCUT2D eigenvalue weighted by atomic mass is 32.2. The van der Waals surface area contributed by atoms with E-state index in [9.17, 15) is 18.3 Å². The maximum atomic E-state index is 10.9. The van der Waals surface area contributed by atoms with Crippen LogP contribution in [0.1, 0.15) is 5.56 Å². The SMILES string of the molecule is NC(Cc1ccc(O)c(S(=O)(=O)O)c1)C(=O)O. The first-order chi connectivity index (χ1) is 7.71. The average Bonchev–Trinajstić information content (AvgIpc) is 2.19. The van der Waals surface area contributed by atoms with Crippen molar-refractivity contribution in [2.45, 2.75) is 17.4 Å². The number of phenols is 1. The van der Waals surface area contributed by atoms with Gasteiger partial charge in [0.2, 0.25) is 0 Å². The first-order valence-electron chi connectivity index (χ1n) is 4.49. The molecule has 1 unspecified atom stereocenters. The van der Waals surface area contributed by atoms with Gasteiger partial charge in [0.05, 0.1) is 0 Å². The van der Waals surface area contributed by atoms with Gasteiger partial charge in [0, 0.05) is 0 Å². The van der Waals surface area contributed by atoms with Gasteiger partial charge < -0.3 is 15.9 Å². The standard InChI is InChI=1S/C9H11NO6S/c10-6(9(12)13)3-5-1-2-7(11)8(4-5)17(14,15)16/h1-2,4,6,11H,3,10H2,(H,12,13)(H,14,15,16). The van der Waals surface area contributed by atoms with Gasteiger partial charge in [-0.3, -0.25) is 9.35 Å². The van der Waals surface area contributed by atoms with Crippen molar-refractivity contribution in [1.82, 2.24) is 0 Å². The van der Waals surface area contributed by atoms with Crippen molar-refractivity contribution in [1.29, 1.82) is 0 Å². The van der Waals surface area contributed by atoms with E-state index in [1.165, 1.54) is 6.07 Å². The molecule has 0 aromatic heterocycles. The molecule has 0 bridgehead atoms. The average molecular weight is 261 g/mol. The van der Waals surface area contributed by atoms with E-state index in [0.717, 1.165) is 12.1 Å². The molecule has 0 amide bonds. The zero-order chi connectivity index (χ0) is 13.2. The van der Waals surface area contributed by atoms with Gasteiger partial charge in [-0.05, 0) is 24.1 Å². The summed E-state index contributed by atoms with van der Waals surface area (Å²) in [7, 11) is -4.55. The highest BCUT2D eigenvalue weighted by molar-refractivity contribution is 7.86. The number of carboxylic acids is 1. The third-order valence-corrected chi connectivity index (χ3v) is 2.96. The normalized spacial score (nSPS) is 13.3. The second-order valence-electron chi connectivity index (χ2n) is 3.43. The molecule has 1 atom stereocenters. The number of rotatable bonds is 4. The van der Waals surface area contributed by atoms with Crippen molar-refractivity contribution >= 4 is 16.1 Å². The van der Waals surface area contributed by atoms with Crippen LogP contribution in [0.25, 0.3) is 0 Å². The van der Waals surface area contributed by atoms with E-state index in [1.807, 2.05) is 0 Å². The van der Waals surface area contributed by atoms with Gasteiger partial charge >= 0.3 is 5.97 Å². The Balaban J connectivity index is 3.10. The Hall–Kier alpha value is -1.64. The topological polar surface area (TPSA) is 138 Å². The lowest BCUT2D eigenvalue weighted by Gasteiger charge is -2.08. The van der Waals surface area contributed by atoms with Gasteiger partial charge in [0.1, 0.15) is 16.7 Å². The molecule has 0 saturated heterocycles. The Bertz CT molecular complexity index is 538. The summed E-state index contributed by atoms with van der Waals surface area (Å²) in [6, 6.07) is 2.17. The lowest BCUT2D eigenvalue weighted by atomic mass is 10.1. The van der Waals surface area contributed by atoms with Crippen molar-refractivity contribution in [2.75, 3.05) is 0 Å². The number of hydrogen-bond donors (Lipinski definition) is 4. The lowest BCUT2D eigenvalue weighted by molar-refractivity contribution is -0.138. The fraction of sp³-hybridized carbons (Fsp3) is 0.222. The van der Waals surface area contributed by atoms with Gasteiger partial charge in [-0.25, -0.2) is 0 Å². The molecule has 0 aliphatic carbocycles. The molecular weight excluding hydrogens is 250 g/mol. The van der Waals surface area contributed by atoms with Crippen LogP contribution in [0.2, 0.25) is 0 Å². The Morgan fingerprint density at radius 2 is 2.00 bits per heavy atom. The third kappa shape index (κ3) is 3.41. The lowest BCUT2D eigenvalue weighted by Crippen LogP contribution is -2.32. The van der Waals surface area contributed by atoms with Crippen LogP contribution in [-0.2, 0) is 21.3 Å². The summed E-state index contributed by atoms with van der Waals surface area (Å²) in [5, 5.41) is 17.8. The summed E-state index contributed by atoms with van der Waals surface area (Å²) >= 11 is 0. The van der Waals surface area contributed by atoms with Crippen LogP contribution in [0.5, 0.6) is 5.75 Å². The fourth-order valence-electron chi connectivity index (χ4n) is 1.23. The summed E-state index contributed by atoms with van der Waals surface area (Å²) in [6.07, 6.45) is -0.113. The van der Waals surface area contributed by atoms with E-state index in [-0.39, 0.29) is 12.0 Å². The van der Waals surface area contributed by atoms with Gasteiger partial charge in [0.25, 0.3) is 10.1 Å². The van der Waals surface area contributed by atoms with E-state index in [4.69, 9.17) is 15.4 Å². The monoisotopic (exact) mass is 261 g/mol. The molecule has 0 heterocycles. The number of nitrogens with two attached hydrogens (primary N) is 1. The van der Waals surface area contributed by atoms with Crippen molar-refractivity contribution in [3.63, 3.8) is 0 Å². The number of benzene rings is 1. The number of carbonyl (C=O) groups is 1. The molecule has 0 fully saturated rings. The minimum atomic E-state index is -4.55. The van der Waals surface area contributed by atoms with Crippen molar-refractivity contribution in [2.24, 2.45) is 5.73 Å². The fourth-order valence-corrected chi connectivity index (χ4v) is 1.87. The first-order valence-corrected chi connectivity index (χ1v) is 5.93. The van der Waals surface area contributed by atoms with E-state index in [0.29, 0.717) is 0 Å². The van der Waals surface area contributed by atoms with Crippen LogP contribution >= 0.6 is 0 Å². The molecule has 5 N–H and O–H groups in total. The van der Waals surface area contributed by atoms with Crippen LogP contribution in [0.4, 0.5) is 0 Å². The van der Waals surface area contributed by atoms with E-state index in [2.05, 4.69) is 0 Å². The van der Waals surface area contributed by atoms with Crippen molar-refractivity contribution in [3.8, 4) is 5.75 Å². The minimum absolute atomic E-state index is 0.113. The zero-order valence-corrected chi connectivity index (χ0v) is 9.38. The van der Waals surface area contributed by atoms with Gasteiger partial charge in [0.15, 0.2) is 0 Å². The van der Waals surface area contributed by atoms with Crippen molar-refractivity contribution in [3.05, 3.63) is 23.8 Å². The van der Waals surface area contributed by atoms with E-state index >= 15 is 0 Å². The molecule has 1 aromatic rings. The molecule has 0 saturated carbocycles. The van der Waals surface area contributed by atoms with E-state index in [1.54, 1.807) is 0 Å². The van der Waals surface area contributed by atoms with Gasteiger partial charge in [-0.1, -0.05) is 6.07 Å². The number of hydrogen-bond acceptors (Lipinski definition) is 5. The van der Waals surface area contributed by atoms with Crippen LogP contribution in [0.3, 0.4) is 0 Å². The summed E-state index contributed by atoms with van der Waals surface area (Å²) in [6.45, 7) is 0.